The van der Waals surface area contributed by atoms with Crippen LogP contribution in [0.5, 0.6) is 0 Å². The van der Waals surface area contributed by atoms with E-state index in [9.17, 15) is 9.59 Å². The summed E-state index contributed by atoms with van der Waals surface area (Å²) in [5, 5.41) is 0. The topological polar surface area (TPSA) is 43.4 Å². The van der Waals surface area contributed by atoms with E-state index < -0.39 is 11.9 Å². The van der Waals surface area contributed by atoms with Gasteiger partial charge < -0.3 is 4.74 Å². The number of carbonyl (C=O) groups excluding carboxylic acids is 2. The van der Waals surface area contributed by atoms with Gasteiger partial charge in [0.15, 0.2) is 5.78 Å². The number of rotatable bonds is 4. The average molecular weight is 156 g/mol. The Morgan fingerprint density at radius 1 is 1.64 bits per heavy atom. The van der Waals surface area contributed by atoms with E-state index in [1.165, 1.54) is 20.1 Å². The Bertz CT molecular complexity index is 172. The molecule has 11 heavy (non-hydrogen) atoms. The van der Waals surface area contributed by atoms with E-state index in [1.54, 1.807) is 0 Å². The Labute approximate surface area is 66.0 Å². The number of allylic oxidation sites excluding steroid dienone is 1. The highest BCUT2D eigenvalue weighted by Gasteiger charge is 2.19. The summed E-state index contributed by atoms with van der Waals surface area (Å²) < 4.78 is 4.39. The van der Waals surface area contributed by atoms with Crippen molar-refractivity contribution in [1.29, 1.82) is 0 Å². The number of ketones is 1. The van der Waals surface area contributed by atoms with Crippen LogP contribution in [0.2, 0.25) is 0 Å². The maximum atomic E-state index is 11.0. The molecule has 0 saturated carbocycles. The van der Waals surface area contributed by atoms with Gasteiger partial charge in [-0.15, -0.1) is 6.58 Å². The molecule has 0 amide bonds. The van der Waals surface area contributed by atoms with Crippen LogP contribution in [0.1, 0.15) is 13.3 Å². The number of methoxy groups -OCH3 is 1. The molecular formula is C8H12O3. The summed E-state index contributed by atoms with van der Waals surface area (Å²) in [7, 11) is 1.26. The molecule has 0 fully saturated rings. The van der Waals surface area contributed by atoms with Crippen molar-refractivity contribution in [3.8, 4) is 0 Å². The largest absolute Gasteiger partial charge is 0.468 e. The van der Waals surface area contributed by atoms with Crippen LogP contribution in [-0.4, -0.2) is 18.9 Å². The number of hydrogen-bond acceptors (Lipinski definition) is 3. The smallest absolute Gasteiger partial charge is 0.315 e. The molecule has 0 rings (SSSR count). The highest BCUT2D eigenvalue weighted by atomic mass is 16.5. The maximum absolute atomic E-state index is 11.0. The van der Waals surface area contributed by atoms with Crippen LogP contribution in [0.25, 0.3) is 0 Å². The molecule has 3 nitrogen and oxygen atoms in total. The van der Waals surface area contributed by atoms with E-state index in [4.69, 9.17) is 0 Å². The van der Waals surface area contributed by atoms with Gasteiger partial charge in [0.2, 0.25) is 0 Å². The Morgan fingerprint density at radius 3 is 2.55 bits per heavy atom. The van der Waals surface area contributed by atoms with Crippen molar-refractivity contribution in [2.45, 2.75) is 13.3 Å². The normalized spacial score (nSPS) is 11.8. The lowest BCUT2D eigenvalue weighted by atomic mass is 10.0. The molecule has 0 aliphatic carbocycles. The van der Waals surface area contributed by atoms with E-state index in [2.05, 4.69) is 11.3 Å². The van der Waals surface area contributed by atoms with Crippen molar-refractivity contribution < 1.29 is 14.3 Å². The van der Waals surface area contributed by atoms with Gasteiger partial charge in [-0.2, -0.15) is 0 Å². The van der Waals surface area contributed by atoms with Gasteiger partial charge in [-0.05, 0) is 6.92 Å². The zero-order chi connectivity index (χ0) is 8.85. The van der Waals surface area contributed by atoms with Gasteiger partial charge in [-0.1, -0.05) is 6.08 Å². The van der Waals surface area contributed by atoms with Crippen molar-refractivity contribution in [2.75, 3.05) is 7.11 Å². The number of ether oxygens (including phenoxy) is 1. The minimum Gasteiger partial charge on any atom is -0.468 e. The fourth-order valence-corrected chi connectivity index (χ4v) is 0.627. The molecule has 0 aromatic heterocycles. The SMILES string of the molecule is C=CCC(=O)C(C)C(=O)OC. The van der Waals surface area contributed by atoms with Crippen molar-refractivity contribution in [2.24, 2.45) is 5.92 Å². The summed E-state index contributed by atoms with van der Waals surface area (Å²) in [5.74, 6) is -1.32. The fourth-order valence-electron chi connectivity index (χ4n) is 0.627. The molecule has 0 heterocycles. The zero-order valence-electron chi connectivity index (χ0n) is 6.79. The van der Waals surface area contributed by atoms with E-state index in [0.29, 0.717) is 0 Å². The second kappa shape index (κ2) is 4.66. The van der Waals surface area contributed by atoms with Crippen LogP contribution in [-0.2, 0) is 14.3 Å². The van der Waals surface area contributed by atoms with E-state index in [0.717, 1.165) is 0 Å². The predicted molar refractivity (Wildman–Crippen MR) is 41.0 cm³/mol. The first-order chi connectivity index (χ1) is 5.13. The van der Waals surface area contributed by atoms with Gasteiger partial charge in [0.25, 0.3) is 0 Å². The third-order valence-corrected chi connectivity index (χ3v) is 1.38. The molecule has 0 aliphatic rings. The first-order valence-electron chi connectivity index (χ1n) is 3.35. The summed E-state index contributed by atoms with van der Waals surface area (Å²) in [4.78, 5) is 21.7. The zero-order valence-corrected chi connectivity index (χ0v) is 6.79. The monoisotopic (exact) mass is 156 g/mol. The molecule has 0 N–H and O–H groups in total. The summed E-state index contributed by atoms with van der Waals surface area (Å²) in [5.41, 5.74) is 0. The molecule has 1 unspecified atom stereocenters. The van der Waals surface area contributed by atoms with Gasteiger partial charge >= 0.3 is 5.97 Å². The second-order valence-corrected chi connectivity index (χ2v) is 2.20. The molecule has 62 valence electrons. The van der Waals surface area contributed by atoms with Crippen LogP contribution in [0.4, 0.5) is 0 Å². The second-order valence-electron chi connectivity index (χ2n) is 2.20. The molecule has 0 radical (unpaired) electrons. The molecule has 0 aromatic carbocycles. The molecule has 3 heteroatoms. The maximum Gasteiger partial charge on any atom is 0.315 e. The Kier molecular flexibility index (Phi) is 4.18. The Balaban J connectivity index is 4.01. The summed E-state index contributed by atoms with van der Waals surface area (Å²) in [6.45, 7) is 4.92. The van der Waals surface area contributed by atoms with Gasteiger partial charge in [0.1, 0.15) is 5.92 Å². The lowest BCUT2D eigenvalue weighted by Crippen LogP contribution is -2.21. The van der Waals surface area contributed by atoms with Crippen molar-refractivity contribution in [3.63, 3.8) is 0 Å². The van der Waals surface area contributed by atoms with Crippen molar-refractivity contribution in [1.82, 2.24) is 0 Å². The van der Waals surface area contributed by atoms with E-state index in [-0.39, 0.29) is 12.2 Å². The highest BCUT2D eigenvalue weighted by molar-refractivity contribution is 5.99. The molecule has 0 aromatic rings. The fraction of sp³-hybridized carbons (Fsp3) is 0.500. The quantitative estimate of drug-likeness (QED) is 0.345. The van der Waals surface area contributed by atoms with Crippen LogP contribution < -0.4 is 0 Å². The Hall–Kier alpha value is -1.12. The summed E-state index contributed by atoms with van der Waals surface area (Å²) >= 11 is 0. The van der Waals surface area contributed by atoms with Gasteiger partial charge in [-0.3, -0.25) is 9.59 Å². The summed E-state index contributed by atoms with van der Waals surface area (Å²) in [6.07, 6.45) is 1.69. The van der Waals surface area contributed by atoms with Crippen LogP contribution in [0, 0.1) is 5.92 Å². The number of carbonyl (C=O) groups is 2. The van der Waals surface area contributed by atoms with Crippen molar-refractivity contribution in [3.05, 3.63) is 12.7 Å². The lowest BCUT2D eigenvalue weighted by molar-refractivity contribution is -0.148. The van der Waals surface area contributed by atoms with Crippen molar-refractivity contribution >= 4 is 11.8 Å². The summed E-state index contributed by atoms with van der Waals surface area (Å²) in [6, 6.07) is 0. The number of esters is 1. The standard InChI is InChI=1S/C8H12O3/c1-4-5-7(9)6(2)8(10)11-3/h4,6H,1,5H2,2-3H3. The lowest BCUT2D eigenvalue weighted by Gasteiger charge is -2.04. The molecule has 0 spiro atoms. The predicted octanol–water partition coefficient (Wildman–Crippen LogP) is 0.941. The minimum absolute atomic E-state index is 0.160. The van der Waals surface area contributed by atoms with E-state index >= 15 is 0 Å². The van der Waals surface area contributed by atoms with Gasteiger partial charge in [0.05, 0.1) is 7.11 Å². The number of hydrogen-bond donors (Lipinski definition) is 0. The van der Waals surface area contributed by atoms with Crippen LogP contribution >= 0.6 is 0 Å². The highest BCUT2D eigenvalue weighted by Crippen LogP contribution is 2.02. The van der Waals surface area contributed by atoms with Gasteiger partial charge in [0, 0.05) is 6.42 Å². The van der Waals surface area contributed by atoms with Crippen LogP contribution in [0.15, 0.2) is 12.7 Å². The van der Waals surface area contributed by atoms with Gasteiger partial charge in [-0.25, -0.2) is 0 Å². The third-order valence-electron chi connectivity index (χ3n) is 1.38. The minimum atomic E-state index is -0.669. The third kappa shape index (κ3) is 2.98. The Morgan fingerprint density at radius 2 is 2.18 bits per heavy atom. The molecule has 0 saturated heterocycles. The first kappa shape index (κ1) is 9.88. The average Bonchev–Trinajstić information content (AvgIpc) is 2.02. The first-order valence-corrected chi connectivity index (χ1v) is 3.35. The number of Topliss-reactive ketones (excluding diaryl/α,β-unsaturated/α-hetero) is 1. The molecule has 0 bridgehead atoms. The molecule has 0 aliphatic heterocycles. The molecule has 1 atom stereocenters. The van der Waals surface area contributed by atoms with E-state index in [1.807, 2.05) is 0 Å². The van der Waals surface area contributed by atoms with Crippen LogP contribution in [0.3, 0.4) is 0 Å². The molecular weight excluding hydrogens is 144 g/mol.